The van der Waals surface area contributed by atoms with E-state index in [4.69, 9.17) is 9.47 Å². The van der Waals surface area contributed by atoms with Gasteiger partial charge in [-0.3, -0.25) is 9.36 Å². The maximum atomic E-state index is 13.1. The molecule has 2 saturated heterocycles. The lowest BCUT2D eigenvalue weighted by Crippen LogP contribution is -2.47. The molecule has 332 valence electrons. The van der Waals surface area contributed by atoms with Crippen molar-refractivity contribution in [1.82, 2.24) is 19.8 Å². The Balaban J connectivity index is 0.954. The Kier molecular flexibility index (Phi) is 17.4. The number of hydrogen-bond acceptors (Lipinski definition) is 6. The van der Waals surface area contributed by atoms with Gasteiger partial charge < -0.3 is 29.8 Å². The quantitative estimate of drug-likeness (QED) is 0.0565. The van der Waals surface area contributed by atoms with Gasteiger partial charge in [0.15, 0.2) is 6.29 Å². The van der Waals surface area contributed by atoms with Crippen LogP contribution in [0.15, 0.2) is 108 Å². The highest BCUT2D eigenvalue weighted by Gasteiger charge is 2.43. The number of aromatic nitrogens is 2. The summed E-state index contributed by atoms with van der Waals surface area (Å²) in [5, 5.41) is 13.0. The van der Waals surface area contributed by atoms with Gasteiger partial charge in [-0.05, 0) is 53.6 Å². The van der Waals surface area contributed by atoms with Gasteiger partial charge in [-0.2, -0.15) is 0 Å². The van der Waals surface area contributed by atoms with Crippen LogP contribution in [0.2, 0.25) is 0 Å². The maximum Gasteiger partial charge on any atom is 0.326 e. The van der Waals surface area contributed by atoms with Crippen molar-refractivity contribution < 1.29 is 19.4 Å². The van der Waals surface area contributed by atoms with Crippen LogP contribution in [-0.2, 0) is 27.4 Å². The van der Waals surface area contributed by atoms with Crippen LogP contribution in [0, 0.1) is 0 Å². The third-order valence-electron chi connectivity index (χ3n) is 13.2. The molecule has 1 unspecified atom stereocenters. The first kappa shape index (κ1) is 45.5. The van der Waals surface area contributed by atoms with Gasteiger partial charge in [-0.25, -0.2) is 4.79 Å². The average molecular weight is 843 g/mol. The standard InChI is InChI=1S/C53H70N4O5/c1-2-3-4-5-6-7-8-9-10-11-12-13-17-24-49(59)54-37-40-25-31-44(32-26-40)52-61-48(38-56-35-33-45(34-36-56)57-47-23-19-18-22-46(47)55-53(57)60)50(42-20-15-14-16-21-42)51(62-52)43-29-27-41(39-58)28-30-43/h14-16,18-23,25-32,45,48,50-52,58H,2-13,17,24,33-39H2,1H3,(H,54,59)(H,55,60)/t48-,50-,51+,52?/m1/s1. The lowest BCUT2D eigenvalue weighted by atomic mass is 9.83. The molecule has 0 saturated carbocycles. The number of fused-ring (bicyclic) bond motifs is 1. The molecule has 3 heterocycles. The fraction of sp³-hybridized carbons (Fsp3) is 0.509. The van der Waals surface area contributed by atoms with Crippen LogP contribution in [0.5, 0.6) is 0 Å². The summed E-state index contributed by atoms with van der Waals surface area (Å²) in [6.45, 7) is 5.15. The molecule has 62 heavy (non-hydrogen) atoms. The van der Waals surface area contributed by atoms with E-state index >= 15 is 0 Å². The molecule has 4 aromatic carbocycles. The number of hydrogen-bond donors (Lipinski definition) is 3. The SMILES string of the molecule is CCCCCCCCCCCCCCCC(=O)NCc1ccc(C2O[C@H](CN3CCC(n4c(=O)[nH]c5ccccc54)CC3)[C@@H](c3ccccc3)[C@H](c3ccc(CO)cc3)O2)cc1. The predicted octanol–water partition coefficient (Wildman–Crippen LogP) is 11.2. The normalized spacial score (nSPS) is 19.8. The molecule has 0 bridgehead atoms. The summed E-state index contributed by atoms with van der Waals surface area (Å²) >= 11 is 0. The second-order valence-electron chi connectivity index (χ2n) is 17.8. The molecule has 0 radical (unpaired) electrons. The minimum absolute atomic E-state index is 0.0187. The number of carbonyl (C=O) groups excluding carboxylic acids is 1. The molecule has 2 aliphatic heterocycles. The lowest BCUT2D eigenvalue weighted by molar-refractivity contribution is -0.264. The first-order chi connectivity index (χ1) is 30.5. The molecule has 7 rings (SSSR count). The van der Waals surface area contributed by atoms with Crippen molar-refractivity contribution in [3.63, 3.8) is 0 Å². The van der Waals surface area contributed by atoms with E-state index in [1.807, 2.05) is 47.0 Å². The number of unbranched alkanes of at least 4 members (excludes halogenated alkanes) is 12. The largest absolute Gasteiger partial charge is 0.392 e. The Labute approximate surface area is 369 Å². The number of piperidine rings is 1. The second-order valence-corrected chi connectivity index (χ2v) is 17.8. The van der Waals surface area contributed by atoms with Crippen molar-refractivity contribution in [3.8, 4) is 0 Å². The summed E-state index contributed by atoms with van der Waals surface area (Å²) in [5.74, 6) is 0.0178. The number of rotatable bonds is 23. The minimum atomic E-state index is -0.607. The number of imidazole rings is 1. The third-order valence-corrected chi connectivity index (χ3v) is 13.2. The molecular formula is C53H70N4O5. The summed E-state index contributed by atoms with van der Waals surface area (Å²) in [4.78, 5) is 31.3. The van der Waals surface area contributed by atoms with Crippen molar-refractivity contribution in [2.45, 2.75) is 153 Å². The van der Waals surface area contributed by atoms with Gasteiger partial charge in [-0.15, -0.1) is 0 Å². The van der Waals surface area contributed by atoms with Gasteiger partial charge in [0.05, 0.1) is 29.8 Å². The number of amides is 1. The van der Waals surface area contributed by atoms with E-state index in [1.54, 1.807) is 0 Å². The van der Waals surface area contributed by atoms with Gasteiger partial charge in [0.25, 0.3) is 0 Å². The lowest BCUT2D eigenvalue weighted by Gasteiger charge is -2.45. The van der Waals surface area contributed by atoms with Crippen LogP contribution in [0.3, 0.4) is 0 Å². The number of ether oxygens (including phenoxy) is 2. The molecule has 2 fully saturated rings. The molecule has 1 aromatic heterocycles. The molecule has 0 spiro atoms. The zero-order valence-electron chi connectivity index (χ0n) is 37.0. The number of aliphatic hydroxyl groups excluding tert-OH is 1. The van der Waals surface area contributed by atoms with E-state index in [-0.39, 0.29) is 42.4 Å². The number of likely N-dealkylation sites (tertiary alicyclic amines) is 1. The topological polar surface area (TPSA) is 109 Å². The predicted molar refractivity (Wildman–Crippen MR) is 249 cm³/mol. The average Bonchev–Trinajstić information content (AvgIpc) is 3.65. The first-order valence-corrected chi connectivity index (χ1v) is 23.8. The fourth-order valence-electron chi connectivity index (χ4n) is 9.60. The number of nitrogens with zero attached hydrogens (tertiary/aromatic N) is 2. The highest BCUT2D eigenvalue weighted by Crippen LogP contribution is 2.47. The highest BCUT2D eigenvalue weighted by atomic mass is 16.7. The number of nitrogens with one attached hydrogen (secondary N) is 2. The molecule has 0 aliphatic carbocycles. The number of aliphatic hydroxyl groups is 1. The van der Waals surface area contributed by atoms with Crippen LogP contribution in [0.25, 0.3) is 11.0 Å². The number of H-pyrrole nitrogens is 1. The Morgan fingerprint density at radius 1 is 0.694 bits per heavy atom. The van der Waals surface area contributed by atoms with E-state index in [2.05, 4.69) is 82.8 Å². The smallest absolute Gasteiger partial charge is 0.326 e. The van der Waals surface area contributed by atoms with Crippen molar-refractivity contribution in [2.24, 2.45) is 0 Å². The van der Waals surface area contributed by atoms with Crippen molar-refractivity contribution in [3.05, 3.63) is 141 Å². The van der Waals surface area contributed by atoms with Gasteiger partial charge in [0.1, 0.15) is 0 Å². The van der Waals surface area contributed by atoms with Gasteiger partial charge in [-0.1, -0.05) is 175 Å². The van der Waals surface area contributed by atoms with Gasteiger partial charge >= 0.3 is 5.69 Å². The summed E-state index contributed by atoms with van der Waals surface area (Å²) < 4.78 is 16.0. The third kappa shape index (κ3) is 12.6. The van der Waals surface area contributed by atoms with Crippen molar-refractivity contribution >= 4 is 16.9 Å². The summed E-state index contributed by atoms with van der Waals surface area (Å²) in [6.07, 6.45) is 18.0. The minimum Gasteiger partial charge on any atom is -0.392 e. The van der Waals surface area contributed by atoms with Crippen LogP contribution in [0.4, 0.5) is 0 Å². The zero-order valence-corrected chi connectivity index (χ0v) is 37.0. The van der Waals surface area contributed by atoms with Crippen molar-refractivity contribution in [1.29, 1.82) is 0 Å². The van der Waals surface area contributed by atoms with Crippen LogP contribution in [0.1, 0.15) is 162 Å². The number of carbonyl (C=O) groups is 1. The van der Waals surface area contributed by atoms with E-state index in [1.165, 1.54) is 70.6 Å². The summed E-state index contributed by atoms with van der Waals surface area (Å²) in [5.41, 5.74) is 6.81. The molecule has 5 aromatic rings. The van der Waals surface area contributed by atoms with E-state index in [0.29, 0.717) is 19.5 Å². The zero-order chi connectivity index (χ0) is 42.9. The molecule has 1 amide bonds. The van der Waals surface area contributed by atoms with Gasteiger partial charge in [0.2, 0.25) is 5.91 Å². The second kappa shape index (κ2) is 23.8. The van der Waals surface area contributed by atoms with Crippen LogP contribution < -0.4 is 11.0 Å². The summed E-state index contributed by atoms with van der Waals surface area (Å²) in [6, 6.07) is 34.9. The molecule has 2 aliphatic rings. The first-order valence-electron chi connectivity index (χ1n) is 23.8. The molecule has 4 atom stereocenters. The Morgan fingerprint density at radius 3 is 1.95 bits per heavy atom. The molecule has 3 N–H and O–H groups in total. The van der Waals surface area contributed by atoms with Crippen LogP contribution >= 0.6 is 0 Å². The fourth-order valence-corrected chi connectivity index (χ4v) is 9.60. The summed E-state index contributed by atoms with van der Waals surface area (Å²) in [7, 11) is 0. The van der Waals surface area contributed by atoms with Crippen LogP contribution in [-0.4, -0.2) is 51.2 Å². The Morgan fingerprint density at radius 2 is 1.29 bits per heavy atom. The molecule has 9 nitrogen and oxygen atoms in total. The number of benzene rings is 4. The number of aromatic amines is 1. The van der Waals surface area contributed by atoms with E-state index in [9.17, 15) is 14.7 Å². The van der Waals surface area contributed by atoms with Crippen molar-refractivity contribution in [2.75, 3.05) is 19.6 Å². The maximum absolute atomic E-state index is 13.1. The van der Waals surface area contributed by atoms with E-state index < -0.39 is 6.29 Å². The van der Waals surface area contributed by atoms with Gasteiger partial charge in [0, 0.05) is 50.1 Å². The Hall–Kier alpha value is -4.54. The van der Waals surface area contributed by atoms with E-state index in [0.717, 1.165) is 77.6 Å². The Bertz CT molecular complexity index is 2120. The molecule has 9 heteroatoms. The highest BCUT2D eigenvalue weighted by molar-refractivity contribution is 5.76. The number of para-hydroxylation sites is 2. The molecular weight excluding hydrogens is 773 g/mol. The monoisotopic (exact) mass is 843 g/mol.